The molecule has 1 heterocycles. The van der Waals surface area contributed by atoms with Gasteiger partial charge >= 0.3 is 11.9 Å². The summed E-state index contributed by atoms with van der Waals surface area (Å²) in [7, 11) is 0. The molecule has 1 fully saturated rings. The quantitative estimate of drug-likeness (QED) is 0.747. The van der Waals surface area contributed by atoms with Gasteiger partial charge in [-0.3, -0.25) is 14.5 Å². The van der Waals surface area contributed by atoms with Gasteiger partial charge < -0.3 is 15.9 Å². The highest BCUT2D eigenvalue weighted by atomic mass is 16.4. The fraction of sp³-hybridized carbons (Fsp3) is 0.400. The van der Waals surface area contributed by atoms with Gasteiger partial charge in [-0.15, -0.1) is 0 Å². The van der Waals surface area contributed by atoms with Gasteiger partial charge in [0.2, 0.25) is 0 Å². The van der Waals surface area contributed by atoms with Crippen LogP contribution in [0, 0.1) is 5.41 Å². The number of allylic oxidation sites excluding steroid dienone is 3. The lowest BCUT2D eigenvalue weighted by Gasteiger charge is -2.43. The van der Waals surface area contributed by atoms with E-state index in [1.807, 2.05) is 42.5 Å². The van der Waals surface area contributed by atoms with Crippen LogP contribution < -0.4 is 5.73 Å². The Morgan fingerprint density at radius 2 is 1.92 bits per heavy atom. The number of rotatable bonds is 5. The third kappa shape index (κ3) is 3.18. The standard InChI is InChI=1S/C20H24N2O4/c1-19(10-6-3-7-11-19)16(14-8-4-2-5-9-14)22-13-20(21,18(25)26)12-15(22)17(23)24/h2-10,15-16H,11-13,21H2,1H3,(H,23,24)(H,25,26). The van der Waals surface area contributed by atoms with E-state index in [1.165, 1.54) is 0 Å². The van der Waals surface area contributed by atoms with Gasteiger partial charge in [0, 0.05) is 24.4 Å². The molecule has 4 N–H and O–H groups in total. The Labute approximate surface area is 152 Å². The van der Waals surface area contributed by atoms with Crippen molar-refractivity contribution in [2.24, 2.45) is 11.1 Å². The zero-order valence-corrected chi connectivity index (χ0v) is 14.7. The van der Waals surface area contributed by atoms with E-state index in [-0.39, 0.29) is 24.4 Å². The molecule has 4 atom stereocenters. The van der Waals surface area contributed by atoms with E-state index in [2.05, 4.69) is 19.1 Å². The third-order valence-electron chi connectivity index (χ3n) is 5.49. The number of likely N-dealkylation sites (tertiary alicyclic amines) is 1. The van der Waals surface area contributed by atoms with Gasteiger partial charge in [0.1, 0.15) is 11.6 Å². The molecule has 2 aliphatic rings. The highest BCUT2D eigenvalue weighted by molar-refractivity contribution is 5.83. The van der Waals surface area contributed by atoms with Crippen LogP contribution in [0.2, 0.25) is 0 Å². The lowest BCUT2D eigenvalue weighted by Crippen LogP contribution is -2.51. The van der Waals surface area contributed by atoms with Crippen molar-refractivity contribution in [2.45, 2.75) is 37.4 Å². The first-order valence-corrected chi connectivity index (χ1v) is 8.67. The van der Waals surface area contributed by atoms with E-state index in [4.69, 9.17) is 5.73 Å². The minimum Gasteiger partial charge on any atom is -0.480 e. The molecular weight excluding hydrogens is 332 g/mol. The van der Waals surface area contributed by atoms with Crippen LogP contribution in [0.1, 0.15) is 31.4 Å². The van der Waals surface area contributed by atoms with Gasteiger partial charge in [0.15, 0.2) is 0 Å². The SMILES string of the molecule is CC1(C(c2ccccc2)N2CC(N)(C(=O)O)CC2C(=O)O)C=CC=CC1. The second kappa shape index (κ2) is 6.70. The summed E-state index contributed by atoms with van der Waals surface area (Å²) in [6.45, 7) is 2.06. The number of hydrogen-bond acceptors (Lipinski definition) is 4. The van der Waals surface area contributed by atoms with Gasteiger partial charge in [-0.25, -0.2) is 0 Å². The summed E-state index contributed by atoms with van der Waals surface area (Å²) in [6.07, 6.45) is 8.66. The van der Waals surface area contributed by atoms with Gasteiger partial charge in [-0.05, 0) is 12.0 Å². The number of carbonyl (C=O) groups is 2. The van der Waals surface area contributed by atoms with Crippen LogP contribution in [0.4, 0.5) is 0 Å². The highest BCUT2D eigenvalue weighted by Gasteiger charge is 2.54. The molecular formula is C20H24N2O4. The van der Waals surface area contributed by atoms with E-state index >= 15 is 0 Å². The molecule has 0 amide bonds. The van der Waals surface area contributed by atoms with Crippen molar-refractivity contribution in [3.8, 4) is 0 Å². The summed E-state index contributed by atoms with van der Waals surface area (Å²) in [5.74, 6) is -2.21. The smallest absolute Gasteiger partial charge is 0.325 e. The average Bonchev–Trinajstić information content (AvgIpc) is 2.95. The molecule has 26 heavy (non-hydrogen) atoms. The maximum atomic E-state index is 11.9. The van der Waals surface area contributed by atoms with E-state index in [0.29, 0.717) is 0 Å². The molecule has 1 saturated heterocycles. The molecule has 0 bridgehead atoms. The topological polar surface area (TPSA) is 104 Å². The van der Waals surface area contributed by atoms with Crippen molar-refractivity contribution >= 4 is 11.9 Å². The van der Waals surface area contributed by atoms with Crippen LogP contribution in [0.25, 0.3) is 0 Å². The zero-order chi connectivity index (χ0) is 18.9. The maximum Gasteiger partial charge on any atom is 0.325 e. The normalized spacial score (nSPS) is 32.5. The number of carboxylic acids is 2. The Kier molecular flexibility index (Phi) is 4.73. The summed E-state index contributed by atoms with van der Waals surface area (Å²) < 4.78 is 0. The molecule has 1 aliphatic heterocycles. The summed E-state index contributed by atoms with van der Waals surface area (Å²) in [5.41, 5.74) is 5.09. The van der Waals surface area contributed by atoms with Crippen LogP contribution in [0.15, 0.2) is 54.6 Å². The molecule has 4 unspecified atom stereocenters. The molecule has 0 radical (unpaired) electrons. The molecule has 3 rings (SSSR count). The number of nitrogens with two attached hydrogens (primary N) is 1. The largest absolute Gasteiger partial charge is 0.480 e. The Hall–Kier alpha value is -2.44. The van der Waals surface area contributed by atoms with Crippen molar-refractivity contribution in [1.29, 1.82) is 0 Å². The van der Waals surface area contributed by atoms with Crippen LogP contribution >= 0.6 is 0 Å². The van der Waals surface area contributed by atoms with Crippen LogP contribution in [0.5, 0.6) is 0 Å². The average molecular weight is 356 g/mol. The van der Waals surface area contributed by atoms with Crippen LogP contribution in [0.3, 0.4) is 0 Å². The van der Waals surface area contributed by atoms with Crippen molar-refractivity contribution in [3.05, 3.63) is 60.2 Å². The lowest BCUT2D eigenvalue weighted by molar-refractivity contribution is -0.143. The number of nitrogens with zero attached hydrogens (tertiary/aromatic N) is 1. The minimum atomic E-state index is -1.57. The van der Waals surface area contributed by atoms with E-state index in [0.717, 1.165) is 12.0 Å². The molecule has 1 aromatic carbocycles. The molecule has 0 spiro atoms. The van der Waals surface area contributed by atoms with Gasteiger partial charge in [0.05, 0.1) is 0 Å². The number of hydrogen-bond donors (Lipinski definition) is 3. The Morgan fingerprint density at radius 1 is 1.23 bits per heavy atom. The third-order valence-corrected chi connectivity index (χ3v) is 5.49. The maximum absolute atomic E-state index is 11.9. The zero-order valence-electron chi connectivity index (χ0n) is 14.7. The predicted octanol–water partition coefficient (Wildman–Crippen LogP) is 2.19. The van der Waals surface area contributed by atoms with E-state index in [1.54, 1.807) is 4.90 Å². The summed E-state index contributed by atoms with van der Waals surface area (Å²) in [5, 5.41) is 19.3. The molecule has 1 aromatic rings. The summed E-state index contributed by atoms with van der Waals surface area (Å²) in [4.78, 5) is 25.4. The monoisotopic (exact) mass is 356 g/mol. The predicted molar refractivity (Wildman–Crippen MR) is 97.5 cm³/mol. The molecule has 6 heteroatoms. The Balaban J connectivity index is 2.09. The molecule has 6 nitrogen and oxygen atoms in total. The Morgan fingerprint density at radius 3 is 2.46 bits per heavy atom. The molecule has 0 aromatic heterocycles. The first-order chi connectivity index (χ1) is 12.3. The lowest BCUT2D eigenvalue weighted by atomic mass is 9.73. The van der Waals surface area contributed by atoms with Gasteiger partial charge in [0.25, 0.3) is 0 Å². The first kappa shape index (κ1) is 18.4. The van der Waals surface area contributed by atoms with Gasteiger partial charge in [-0.2, -0.15) is 0 Å². The van der Waals surface area contributed by atoms with Crippen molar-refractivity contribution in [2.75, 3.05) is 6.54 Å². The summed E-state index contributed by atoms with van der Waals surface area (Å²) in [6, 6.07) is 8.40. The molecule has 138 valence electrons. The fourth-order valence-corrected chi connectivity index (χ4v) is 4.15. The molecule has 1 aliphatic carbocycles. The minimum absolute atomic E-state index is 0.00793. The van der Waals surface area contributed by atoms with E-state index < -0.39 is 23.5 Å². The van der Waals surface area contributed by atoms with Crippen LogP contribution in [-0.4, -0.2) is 45.2 Å². The second-order valence-corrected chi connectivity index (χ2v) is 7.50. The molecule has 0 saturated carbocycles. The second-order valence-electron chi connectivity index (χ2n) is 7.50. The summed E-state index contributed by atoms with van der Waals surface area (Å²) >= 11 is 0. The van der Waals surface area contributed by atoms with Crippen molar-refractivity contribution in [3.63, 3.8) is 0 Å². The van der Waals surface area contributed by atoms with Crippen molar-refractivity contribution < 1.29 is 19.8 Å². The highest BCUT2D eigenvalue weighted by Crippen LogP contribution is 2.47. The fourth-order valence-electron chi connectivity index (χ4n) is 4.15. The van der Waals surface area contributed by atoms with Crippen molar-refractivity contribution in [1.82, 2.24) is 4.90 Å². The number of carboxylic acid groups (broad SMARTS) is 2. The number of aliphatic carboxylic acids is 2. The van der Waals surface area contributed by atoms with Crippen LogP contribution in [-0.2, 0) is 9.59 Å². The Bertz CT molecular complexity index is 760. The van der Waals surface area contributed by atoms with E-state index in [9.17, 15) is 19.8 Å². The van der Waals surface area contributed by atoms with Gasteiger partial charge in [-0.1, -0.05) is 61.6 Å². The number of benzene rings is 1. The first-order valence-electron chi connectivity index (χ1n) is 8.67.